The number of rotatable bonds is 3. The van der Waals surface area contributed by atoms with Gasteiger partial charge in [0.1, 0.15) is 0 Å². The first-order chi connectivity index (χ1) is 22.1. The Kier molecular flexibility index (Phi) is 5.64. The first-order valence-corrected chi connectivity index (χ1v) is 15.9. The van der Waals surface area contributed by atoms with Gasteiger partial charge < -0.3 is 0 Å². The second kappa shape index (κ2) is 9.78. The third-order valence-corrected chi connectivity index (χ3v) is 10.0. The Hall–Kier alpha value is -5.46. The minimum absolute atomic E-state index is 0.0866. The third kappa shape index (κ3) is 3.85. The number of hydrogen-bond acceptors (Lipinski definition) is 0. The Morgan fingerprint density at radius 2 is 0.844 bits per heavy atom. The van der Waals surface area contributed by atoms with E-state index in [0.29, 0.717) is 0 Å². The molecule has 0 bridgehead atoms. The van der Waals surface area contributed by atoms with E-state index in [1.165, 1.54) is 88.0 Å². The van der Waals surface area contributed by atoms with Crippen LogP contribution in [0.2, 0.25) is 0 Å². The Bertz CT molecular complexity index is 2370. The minimum Gasteiger partial charge on any atom is -0.0622 e. The van der Waals surface area contributed by atoms with Crippen molar-refractivity contribution in [3.63, 3.8) is 0 Å². The van der Waals surface area contributed by atoms with Crippen molar-refractivity contribution in [2.24, 2.45) is 0 Å². The topological polar surface area (TPSA) is 0 Å². The Morgan fingerprint density at radius 3 is 1.49 bits per heavy atom. The van der Waals surface area contributed by atoms with Crippen molar-refractivity contribution in [1.82, 2.24) is 0 Å². The van der Waals surface area contributed by atoms with Crippen LogP contribution in [0.4, 0.5) is 0 Å². The largest absolute Gasteiger partial charge is 0.0622 e. The molecule has 0 radical (unpaired) electrons. The molecule has 8 aromatic carbocycles. The van der Waals surface area contributed by atoms with Gasteiger partial charge in [-0.3, -0.25) is 0 Å². The van der Waals surface area contributed by atoms with Crippen molar-refractivity contribution in [3.8, 4) is 44.5 Å². The lowest BCUT2D eigenvalue weighted by atomic mass is 9.80. The summed E-state index contributed by atoms with van der Waals surface area (Å²) in [6.07, 6.45) is 0. The van der Waals surface area contributed by atoms with E-state index < -0.39 is 0 Å². The van der Waals surface area contributed by atoms with E-state index in [1.807, 2.05) is 0 Å². The van der Waals surface area contributed by atoms with E-state index in [4.69, 9.17) is 0 Å². The highest BCUT2D eigenvalue weighted by atomic mass is 14.4. The van der Waals surface area contributed by atoms with Gasteiger partial charge in [0.05, 0.1) is 0 Å². The molecule has 0 N–H and O–H groups in total. The smallest absolute Gasteiger partial charge is 0.0159 e. The van der Waals surface area contributed by atoms with Crippen molar-refractivity contribution in [2.45, 2.75) is 19.3 Å². The van der Waals surface area contributed by atoms with Crippen LogP contribution in [0, 0.1) is 0 Å². The summed E-state index contributed by atoms with van der Waals surface area (Å²) in [5.74, 6) is 0. The second-order valence-electron chi connectivity index (χ2n) is 12.9. The van der Waals surface area contributed by atoms with Gasteiger partial charge in [-0.1, -0.05) is 159 Å². The standard InChI is InChI=1S/C45H32/c1-45(2)40-22-12-21-38(44(40)39-27-32-15-6-7-16-33(32)28-41(39)45)43-36-19-10-8-17-34(36)42(35-18-9-11-20-37(35)43)31-25-23-30(24-26-31)29-13-4-3-5-14-29/h3-28H,1-2H3. The van der Waals surface area contributed by atoms with Gasteiger partial charge in [0.15, 0.2) is 0 Å². The Morgan fingerprint density at radius 1 is 0.333 bits per heavy atom. The van der Waals surface area contributed by atoms with E-state index in [9.17, 15) is 0 Å². The molecule has 45 heavy (non-hydrogen) atoms. The van der Waals surface area contributed by atoms with Crippen LogP contribution in [0.1, 0.15) is 25.0 Å². The predicted octanol–water partition coefficient (Wildman–Crippen LogP) is 12.5. The molecule has 1 aliphatic carbocycles. The SMILES string of the molecule is CC1(C)c2cc3ccccc3cc2-c2c(-c3c4ccccc4c(-c4ccc(-c5ccccc5)cc4)c4ccccc34)cccc21. The van der Waals surface area contributed by atoms with Crippen LogP contribution < -0.4 is 0 Å². The fraction of sp³-hybridized carbons (Fsp3) is 0.0667. The lowest BCUT2D eigenvalue weighted by molar-refractivity contribution is 0.661. The summed E-state index contributed by atoms with van der Waals surface area (Å²) in [6, 6.07) is 58.3. The van der Waals surface area contributed by atoms with Crippen LogP contribution in [-0.4, -0.2) is 0 Å². The van der Waals surface area contributed by atoms with Crippen LogP contribution in [0.25, 0.3) is 76.8 Å². The highest BCUT2D eigenvalue weighted by Gasteiger charge is 2.37. The zero-order valence-corrected chi connectivity index (χ0v) is 25.5. The zero-order valence-electron chi connectivity index (χ0n) is 25.5. The number of benzene rings is 8. The molecule has 0 fully saturated rings. The van der Waals surface area contributed by atoms with Gasteiger partial charge in [-0.15, -0.1) is 0 Å². The summed E-state index contributed by atoms with van der Waals surface area (Å²) in [6.45, 7) is 4.77. The van der Waals surface area contributed by atoms with Crippen LogP contribution in [0.15, 0.2) is 158 Å². The molecule has 0 amide bonds. The van der Waals surface area contributed by atoms with Crippen molar-refractivity contribution in [3.05, 3.63) is 169 Å². The van der Waals surface area contributed by atoms with Crippen LogP contribution in [0.3, 0.4) is 0 Å². The molecule has 0 aliphatic heterocycles. The Labute approximate surface area is 264 Å². The average Bonchev–Trinajstić information content (AvgIpc) is 3.32. The highest BCUT2D eigenvalue weighted by molar-refractivity contribution is 6.23. The van der Waals surface area contributed by atoms with E-state index >= 15 is 0 Å². The molecule has 8 aromatic rings. The summed E-state index contributed by atoms with van der Waals surface area (Å²) in [7, 11) is 0. The van der Waals surface area contributed by atoms with Crippen LogP contribution in [-0.2, 0) is 5.41 Å². The summed E-state index contributed by atoms with van der Waals surface area (Å²) in [4.78, 5) is 0. The van der Waals surface area contributed by atoms with Gasteiger partial charge in [0, 0.05) is 5.41 Å². The minimum atomic E-state index is -0.0866. The molecule has 9 rings (SSSR count). The second-order valence-corrected chi connectivity index (χ2v) is 12.9. The van der Waals surface area contributed by atoms with Crippen molar-refractivity contribution in [2.75, 3.05) is 0 Å². The molecule has 0 heterocycles. The molecular formula is C45H32. The molecule has 1 aliphatic rings. The molecular weight excluding hydrogens is 540 g/mol. The molecule has 0 saturated carbocycles. The highest BCUT2D eigenvalue weighted by Crippen LogP contribution is 2.55. The monoisotopic (exact) mass is 572 g/mol. The zero-order chi connectivity index (χ0) is 30.1. The fourth-order valence-corrected chi connectivity index (χ4v) is 7.87. The van der Waals surface area contributed by atoms with Crippen molar-refractivity contribution >= 4 is 32.3 Å². The first kappa shape index (κ1) is 26.0. The van der Waals surface area contributed by atoms with E-state index in [-0.39, 0.29) is 5.41 Å². The van der Waals surface area contributed by atoms with E-state index in [2.05, 4.69) is 172 Å². The van der Waals surface area contributed by atoms with Crippen LogP contribution >= 0.6 is 0 Å². The molecule has 0 saturated heterocycles. The molecule has 0 heteroatoms. The quantitative estimate of drug-likeness (QED) is 0.185. The molecule has 0 nitrogen and oxygen atoms in total. The third-order valence-electron chi connectivity index (χ3n) is 10.0. The summed E-state index contributed by atoms with van der Waals surface area (Å²) >= 11 is 0. The van der Waals surface area contributed by atoms with Gasteiger partial charge in [-0.25, -0.2) is 0 Å². The van der Waals surface area contributed by atoms with Gasteiger partial charge in [0.2, 0.25) is 0 Å². The van der Waals surface area contributed by atoms with Gasteiger partial charge in [-0.05, 0) is 100 Å². The lowest BCUT2D eigenvalue weighted by Crippen LogP contribution is -2.14. The summed E-state index contributed by atoms with van der Waals surface area (Å²) < 4.78 is 0. The van der Waals surface area contributed by atoms with E-state index in [0.717, 1.165) is 0 Å². The summed E-state index contributed by atoms with van der Waals surface area (Å²) in [5, 5.41) is 7.74. The maximum atomic E-state index is 2.43. The summed E-state index contributed by atoms with van der Waals surface area (Å²) in [5.41, 5.74) is 13.1. The van der Waals surface area contributed by atoms with Crippen LogP contribution in [0.5, 0.6) is 0 Å². The predicted molar refractivity (Wildman–Crippen MR) is 193 cm³/mol. The molecule has 0 aromatic heterocycles. The fourth-order valence-electron chi connectivity index (χ4n) is 7.87. The van der Waals surface area contributed by atoms with Crippen molar-refractivity contribution in [1.29, 1.82) is 0 Å². The molecule has 0 unspecified atom stereocenters. The maximum absolute atomic E-state index is 2.43. The number of hydrogen-bond donors (Lipinski definition) is 0. The first-order valence-electron chi connectivity index (χ1n) is 15.9. The normalized spacial score (nSPS) is 13.3. The molecule has 0 spiro atoms. The number of fused-ring (bicyclic) bond motifs is 6. The average molecular weight is 573 g/mol. The molecule has 0 atom stereocenters. The van der Waals surface area contributed by atoms with Gasteiger partial charge in [0.25, 0.3) is 0 Å². The van der Waals surface area contributed by atoms with Gasteiger partial charge in [-0.2, -0.15) is 0 Å². The lowest BCUT2D eigenvalue weighted by Gasteiger charge is -2.23. The Balaban J connectivity index is 1.34. The van der Waals surface area contributed by atoms with Gasteiger partial charge >= 0.3 is 0 Å². The van der Waals surface area contributed by atoms with Crippen molar-refractivity contribution < 1.29 is 0 Å². The van der Waals surface area contributed by atoms with E-state index in [1.54, 1.807) is 0 Å². The maximum Gasteiger partial charge on any atom is 0.0159 e. The molecule has 212 valence electrons.